The highest BCUT2D eigenvalue weighted by Crippen LogP contribution is 2.34. The quantitative estimate of drug-likeness (QED) is 0.279. The van der Waals surface area contributed by atoms with Crippen LogP contribution >= 0.6 is 0 Å². The summed E-state index contributed by atoms with van der Waals surface area (Å²) in [5.41, 5.74) is 7.81. The van der Waals surface area contributed by atoms with Gasteiger partial charge in [0, 0.05) is 17.8 Å². The molecule has 39 heavy (non-hydrogen) atoms. The second-order valence-electron chi connectivity index (χ2n) is 8.14. The van der Waals surface area contributed by atoms with Gasteiger partial charge in [0.2, 0.25) is 0 Å². The lowest BCUT2D eigenvalue weighted by atomic mass is 10.1. The van der Waals surface area contributed by atoms with Gasteiger partial charge in [-0.3, -0.25) is 9.36 Å². The Balaban J connectivity index is 1.52. The Hall–Kier alpha value is -5.46. The van der Waals surface area contributed by atoms with Gasteiger partial charge in [0.25, 0.3) is 5.91 Å². The highest BCUT2D eigenvalue weighted by Gasteiger charge is 2.31. The van der Waals surface area contributed by atoms with E-state index in [4.69, 9.17) is 10.8 Å². The lowest BCUT2D eigenvalue weighted by Crippen LogP contribution is -2.17. The van der Waals surface area contributed by atoms with E-state index in [1.165, 1.54) is 54.9 Å². The van der Waals surface area contributed by atoms with E-state index in [0.29, 0.717) is 22.6 Å². The number of halogens is 3. The van der Waals surface area contributed by atoms with Gasteiger partial charge in [0.05, 0.1) is 34.0 Å². The van der Waals surface area contributed by atoms with Gasteiger partial charge in [-0.25, -0.2) is 19.7 Å². The van der Waals surface area contributed by atoms with Crippen molar-refractivity contribution >= 4 is 34.5 Å². The number of hydrogen-bond acceptors (Lipinski definition) is 7. The number of hydrogen-bond donors (Lipinski definition) is 3. The van der Waals surface area contributed by atoms with Crippen LogP contribution in [0.3, 0.4) is 0 Å². The summed E-state index contributed by atoms with van der Waals surface area (Å²) in [6.07, 6.45) is -1.99. The van der Waals surface area contributed by atoms with Crippen molar-refractivity contribution in [1.82, 2.24) is 19.5 Å². The summed E-state index contributed by atoms with van der Waals surface area (Å²) in [5, 5.41) is 11.6. The highest BCUT2D eigenvalue weighted by atomic mass is 19.4. The third kappa shape index (κ3) is 5.32. The van der Waals surface area contributed by atoms with Crippen molar-refractivity contribution in [2.45, 2.75) is 6.36 Å². The fraction of sp³-hybridized carbons (Fsp3) is 0.0385. The molecule has 0 unspecified atom stereocenters. The average molecular weight is 534 g/mol. The number of alkyl halides is 3. The van der Waals surface area contributed by atoms with E-state index < -0.39 is 24.0 Å². The van der Waals surface area contributed by atoms with Crippen LogP contribution in [0.4, 0.5) is 24.8 Å². The van der Waals surface area contributed by atoms with Crippen molar-refractivity contribution in [3.05, 3.63) is 90.3 Å². The molecule has 0 bridgehead atoms. The van der Waals surface area contributed by atoms with E-state index >= 15 is 0 Å². The summed E-state index contributed by atoms with van der Waals surface area (Å²) in [5.74, 6) is -1.43. The molecule has 13 heteroatoms. The maximum Gasteiger partial charge on any atom is 0.573 e. The molecule has 5 aromatic rings. The Labute approximate surface area is 217 Å². The first kappa shape index (κ1) is 25.2. The zero-order valence-electron chi connectivity index (χ0n) is 19.7. The number of carboxylic acid groups (broad SMARTS) is 1. The van der Waals surface area contributed by atoms with E-state index in [1.54, 1.807) is 22.8 Å². The van der Waals surface area contributed by atoms with Gasteiger partial charge in [-0.2, -0.15) is 0 Å². The first-order chi connectivity index (χ1) is 18.6. The Kier molecular flexibility index (Phi) is 6.32. The minimum atomic E-state index is -4.88. The Morgan fingerprint density at radius 3 is 2.36 bits per heavy atom. The number of nitrogens with one attached hydrogen (secondary N) is 1. The number of pyridine rings is 2. The number of ether oxygens (including phenoxy) is 1. The predicted octanol–water partition coefficient (Wildman–Crippen LogP) is 4.91. The van der Waals surface area contributed by atoms with Crippen LogP contribution in [0.15, 0.2) is 79.1 Å². The second kappa shape index (κ2) is 9.78. The zero-order chi connectivity index (χ0) is 27.7. The average Bonchev–Trinajstić information content (AvgIpc) is 3.27. The topological polar surface area (TPSA) is 145 Å². The number of carbonyl (C=O) groups is 2. The zero-order valence-corrected chi connectivity index (χ0v) is 19.7. The summed E-state index contributed by atoms with van der Waals surface area (Å²) >= 11 is 0. The van der Waals surface area contributed by atoms with Gasteiger partial charge in [-0.05, 0) is 60.7 Å². The first-order valence-corrected chi connectivity index (χ1v) is 11.2. The van der Waals surface area contributed by atoms with Gasteiger partial charge in [-0.15, -0.1) is 13.2 Å². The van der Waals surface area contributed by atoms with Crippen LogP contribution in [-0.4, -0.2) is 42.9 Å². The molecule has 0 fully saturated rings. The number of anilines is 2. The van der Waals surface area contributed by atoms with Crippen LogP contribution < -0.4 is 15.8 Å². The van der Waals surface area contributed by atoms with Crippen molar-refractivity contribution < 1.29 is 32.6 Å². The lowest BCUT2D eigenvalue weighted by Gasteiger charge is -2.12. The summed E-state index contributed by atoms with van der Waals surface area (Å²) < 4.78 is 44.3. The number of carboxylic acids is 1. The maximum atomic E-state index is 12.9. The van der Waals surface area contributed by atoms with E-state index in [-0.39, 0.29) is 28.3 Å². The van der Waals surface area contributed by atoms with Crippen molar-refractivity contribution in [2.75, 3.05) is 11.1 Å². The van der Waals surface area contributed by atoms with Gasteiger partial charge in [0.15, 0.2) is 0 Å². The Bertz CT molecular complexity index is 1700. The Morgan fingerprint density at radius 2 is 1.72 bits per heavy atom. The molecule has 3 heterocycles. The van der Waals surface area contributed by atoms with E-state index in [2.05, 4.69) is 25.0 Å². The summed E-state index contributed by atoms with van der Waals surface area (Å²) in [6, 6.07) is 15.5. The lowest BCUT2D eigenvalue weighted by molar-refractivity contribution is -0.274. The fourth-order valence-corrected chi connectivity index (χ4v) is 3.85. The molecule has 0 aliphatic rings. The van der Waals surface area contributed by atoms with Crippen molar-refractivity contribution in [3.63, 3.8) is 0 Å². The minimum absolute atomic E-state index is 0.0374. The molecular formula is C26H17F3N6O4. The van der Waals surface area contributed by atoms with Crippen LogP contribution in [0.2, 0.25) is 0 Å². The SMILES string of the molecule is Nc1ncccc1-c1nc2ccc(OC(F)(F)F)cc2n1-c1ccc(NC(=O)c2ccc(C(=O)O)cc2)nc1. The molecule has 0 aliphatic carbocycles. The van der Waals surface area contributed by atoms with Crippen molar-refractivity contribution in [1.29, 1.82) is 0 Å². The predicted molar refractivity (Wildman–Crippen MR) is 135 cm³/mol. The molecule has 3 aromatic heterocycles. The fourth-order valence-electron chi connectivity index (χ4n) is 3.85. The third-order valence-corrected chi connectivity index (χ3v) is 5.58. The first-order valence-electron chi connectivity index (χ1n) is 11.2. The number of amides is 1. The second-order valence-corrected chi connectivity index (χ2v) is 8.14. The van der Waals surface area contributed by atoms with E-state index in [1.807, 2.05) is 0 Å². The van der Waals surface area contributed by atoms with Crippen LogP contribution in [0.25, 0.3) is 28.1 Å². The van der Waals surface area contributed by atoms with E-state index in [9.17, 15) is 22.8 Å². The number of aromatic carboxylic acids is 1. The molecule has 4 N–H and O–H groups in total. The number of nitrogens with two attached hydrogens (primary N) is 1. The summed E-state index contributed by atoms with van der Waals surface area (Å²) in [7, 11) is 0. The molecule has 1 amide bonds. The molecule has 0 saturated heterocycles. The number of nitrogen functional groups attached to an aromatic ring is 1. The highest BCUT2D eigenvalue weighted by molar-refractivity contribution is 6.04. The van der Waals surface area contributed by atoms with Gasteiger partial charge >= 0.3 is 12.3 Å². The molecule has 2 aromatic carbocycles. The number of aromatic nitrogens is 4. The molecule has 0 spiro atoms. The number of rotatable bonds is 6. The molecule has 196 valence electrons. The molecule has 0 aliphatic heterocycles. The maximum absolute atomic E-state index is 12.9. The van der Waals surface area contributed by atoms with Crippen LogP contribution in [0.5, 0.6) is 5.75 Å². The number of carbonyl (C=O) groups excluding carboxylic acids is 1. The number of nitrogens with zero attached hydrogens (tertiary/aromatic N) is 4. The summed E-state index contributed by atoms with van der Waals surface area (Å²) in [6.45, 7) is 0. The third-order valence-electron chi connectivity index (χ3n) is 5.58. The van der Waals surface area contributed by atoms with E-state index in [0.717, 1.165) is 6.07 Å². The number of benzene rings is 2. The van der Waals surface area contributed by atoms with Crippen molar-refractivity contribution in [2.24, 2.45) is 0 Å². The molecule has 0 radical (unpaired) electrons. The molecule has 10 nitrogen and oxygen atoms in total. The molecule has 0 atom stereocenters. The molecular weight excluding hydrogens is 517 g/mol. The van der Waals surface area contributed by atoms with Crippen LogP contribution in [-0.2, 0) is 0 Å². The largest absolute Gasteiger partial charge is 0.573 e. The smallest absolute Gasteiger partial charge is 0.478 e. The van der Waals surface area contributed by atoms with Crippen LogP contribution in [0, 0.1) is 0 Å². The number of fused-ring (bicyclic) bond motifs is 1. The molecule has 5 rings (SSSR count). The van der Waals surface area contributed by atoms with Crippen LogP contribution in [0.1, 0.15) is 20.7 Å². The Morgan fingerprint density at radius 1 is 0.974 bits per heavy atom. The van der Waals surface area contributed by atoms with Gasteiger partial charge < -0.3 is 20.9 Å². The summed E-state index contributed by atoms with van der Waals surface area (Å²) in [4.78, 5) is 36.5. The number of imidazole rings is 1. The van der Waals surface area contributed by atoms with Gasteiger partial charge in [0.1, 0.15) is 23.2 Å². The normalized spacial score (nSPS) is 11.4. The standard InChI is InChI=1S/C26H17F3N6O4/c27-26(28,29)39-17-8-9-19-20(12-17)35(23(33-19)18-2-1-11-31-22(18)30)16-7-10-21(32-13-16)34-24(36)14-3-5-15(6-4-14)25(37)38/h1-13H,(H2,30,31)(H,37,38)(H,32,34,36). The van der Waals surface area contributed by atoms with Crippen molar-refractivity contribution in [3.8, 4) is 22.8 Å². The monoisotopic (exact) mass is 534 g/mol. The minimum Gasteiger partial charge on any atom is -0.478 e. The van der Waals surface area contributed by atoms with Gasteiger partial charge in [-0.1, -0.05) is 0 Å². The molecule has 0 saturated carbocycles.